The van der Waals surface area contributed by atoms with Gasteiger partial charge in [-0.15, -0.1) is 0 Å². The van der Waals surface area contributed by atoms with Crippen LogP contribution in [-0.2, 0) is 13.9 Å². The number of carbonyl (C=O) groups is 1. The third kappa shape index (κ3) is 5.25. The first-order valence-electron chi connectivity index (χ1n) is 8.51. The number of hydrogen-bond donors (Lipinski definition) is 0. The van der Waals surface area contributed by atoms with Crippen molar-refractivity contribution in [3.8, 4) is 5.75 Å². The number of Topliss-reactive ketones (excluding diaryl/α,β-unsaturated/α-hetero) is 1. The lowest BCUT2D eigenvalue weighted by atomic mass is 10.1. The maximum absolute atomic E-state index is 13.0. The molecule has 0 fully saturated rings. The second kappa shape index (κ2) is 8.93. The van der Waals surface area contributed by atoms with Crippen LogP contribution in [0.5, 0.6) is 5.75 Å². The minimum absolute atomic E-state index is 0.0378. The van der Waals surface area contributed by atoms with E-state index in [4.69, 9.17) is 9.05 Å². The molecule has 1 unspecified atom stereocenters. The molecule has 1 aliphatic carbocycles. The molecule has 0 radical (unpaired) electrons. The van der Waals surface area contributed by atoms with Crippen molar-refractivity contribution in [1.29, 1.82) is 0 Å². The molecule has 2 atom stereocenters. The Morgan fingerprint density at radius 1 is 1.37 bits per heavy atom. The molecule has 1 aromatic rings. The largest absolute Gasteiger partial charge is 0.424 e. The summed E-state index contributed by atoms with van der Waals surface area (Å²) in [6.07, 6.45) is 5.32. The van der Waals surface area contributed by atoms with Crippen LogP contribution in [0.3, 0.4) is 0 Å². The predicted molar refractivity (Wildman–Crippen MR) is 103 cm³/mol. The van der Waals surface area contributed by atoms with Gasteiger partial charge in [0.05, 0.1) is 17.2 Å². The fraction of sp³-hybridized carbons (Fsp3) is 0.316. The molecule has 0 amide bonds. The van der Waals surface area contributed by atoms with E-state index in [0.29, 0.717) is 12.0 Å². The zero-order valence-electron chi connectivity index (χ0n) is 15.3. The average Bonchev–Trinajstić information content (AvgIpc) is 2.89. The molecule has 0 aliphatic heterocycles. The van der Waals surface area contributed by atoms with Crippen molar-refractivity contribution in [2.24, 2.45) is 0 Å². The molecule has 0 heterocycles. The van der Waals surface area contributed by atoms with Crippen molar-refractivity contribution < 1.29 is 23.3 Å². The van der Waals surface area contributed by atoms with Gasteiger partial charge >= 0.3 is 7.60 Å². The molecule has 1 aromatic carbocycles. The Labute approximate surface area is 158 Å². The van der Waals surface area contributed by atoms with Crippen LogP contribution in [0.25, 0.3) is 0 Å². The zero-order chi connectivity index (χ0) is 20.0. The number of non-ortho nitro benzene ring substituents is 1. The van der Waals surface area contributed by atoms with Gasteiger partial charge < -0.3 is 4.52 Å². The molecule has 144 valence electrons. The molecule has 0 bridgehead atoms. The van der Waals surface area contributed by atoms with Crippen molar-refractivity contribution in [1.82, 2.24) is 0 Å². The van der Waals surface area contributed by atoms with Gasteiger partial charge in [-0.25, -0.2) is 4.57 Å². The van der Waals surface area contributed by atoms with Crippen LogP contribution < -0.4 is 4.52 Å². The zero-order valence-corrected chi connectivity index (χ0v) is 16.2. The first-order valence-corrected chi connectivity index (χ1v) is 10.2. The number of nitrogens with zero attached hydrogens (tertiary/aromatic N) is 1. The summed E-state index contributed by atoms with van der Waals surface area (Å²) in [5, 5.41) is 10.7. The van der Waals surface area contributed by atoms with E-state index < -0.39 is 18.6 Å². The van der Waals surface area contributed by atoms with Crippen LogP contribution >= 0.6 is 7.60 Å². The fourth-order valence-corrected chi connectivity index (χ4v) is 4.06. The maximum Gasteiger partial charge on any atom is 0.379 e. The summed E-state index contributed by atoms with van der Waals surface area (Å²) < 4.78 is 24.2. The number of nitro groups is 1. The van der Waals surface area contributed by atoms with Gasteiger partial charge in [-0.3, -0.25) is 19.4 Å². The van der Waals surface area contributed by atoms with Gasteiger partial charge in [-0.2, -0.15) is 0 Å². The summed E-state index contributed by atoms with van der Waals surface area (Å²) in [5.41, 5.74) is 1.30. The lowest BCUT2D eigenvalue weighted by Crippen LogP contribution is -2.13. The fourth-order valence-electron chi connectivity index (χ4n) is 2.68. The van der Waals surface area contributed by atoms with Crippen molar-refractivity contribution in [2.45, 2.75) is 32.8 Å². The molecular weight excluding hydrogens is 369 g/mol. The van der Waals surface area contributed by atoms with Crippen molar-refractivity contribution in [3.05, 3.63) is 70.3 Å². The molecule has 1 aliphatic rings. The van der Waals surface area contributed by atoms with Gasteiger partial charge in [0.15, 0.2) is 5.78 Å². The Kier molecular flexibility index (Phi) is 6.88. The summed E-state index contributed by atoms with van der Waals surface area (Å²) in [5.74, 6) is 0.176. The highest BCUT2D eigenvalue weighted by atomic mass is 31.2. The summed E-state index contributed by atoms with van der Waals surface area (Å²) in [4.78, 5) is 22.4. The van der Waals surface area contributed by atoms with Crippen LogP contribution in [0.15, 0.2) is 60.2 Å². The highest BCUT2D eigenvalue weighted by Crippen LogP contribution is 2.51. The van der Waals surface area contributed by atoms with E-state index in [-0.39, 0.29) is 29.8 Å². The SMILES string of the molecule is C=C/C=C\CC1=C(C)[C@@H](OP(=O)(CC)Oc2ccc([N+](=O)[O-])cc2)CC1=O. The molecular formula is C19H22NO6P. The maximum atomic E-state index is 13.0. The summed E-state index contributed by atoms with van der Waals surface area (Å²) in [6.45, 7) is 7.04. The van der Waals surface area contributed by atoms with E-state index in [1.165, 1.54) is 24.3 Å². The number of benzene rings is 1. The Hall–Kier alpha value is -2.50. The number of allylic oxidation sites excluding steroid dienone is 4. The molecule has 0 saturated heterocycles. The summed E-state index contributed by atoms with van der Waals surface area (Å²) >= 11 is 0. The highest BCUT2D eigenvalue weighted by molar-refractivity contribution is 7.54. The standard InChI is InChI=1S/C19H22NO6P/c1-4-6-7-8-17-14(3)19(13-18(17)21)26-27(24,5-2)25-16-11-9-15(10-12-16)20(22)23/h4,6-7,9-12,19H,1,5,8,13H2,2-3H3/b7-6-/t19-,27?/m0/s1. The third-order valence-corrected chi connectivity index (χ3v) is 6.07. The van der Waals surface area contributed by atoms with Crippen LogP contribution in [0, 0.1) is 10.1 Å². The molecule has 0 spiro atoms. The van der Waals surface area contributed by atoms with E-state index >= 15 is 0 Å². The summed E-state index contributed by atoms with van der Waals surface area (Å²) in [7, 11) is -3.52. The first-order chi connectivity index (χ1) is 12.8. The van der Waals surface area contributed by atoms with E-state index in [2.05, 4.69) is 6.58 Å². The molecule has 7 nitrogen and oxygen atoms in total. The quantitative estimate of drug-likeness (QED) is 0.255. The van der Waals surface area contributed by atoms with Crippen molar-refractivity contribution >= 4 is 19.1 Å². The van der Waals surface area contributed by atoms with E-state index in [1.807, 2.05) is 6.08 Å². The Bertz CT molecular complexity index is 840. The molecule has 0 aromatic heterocycles. The van der Waals surface area contributed by atoms with Gasteiger partial charge in [-0.05, 0) is 31.1 Å². The second-order valence-electron chi connectivity index (χ2n) is 6.02. The van der Waals surface area contributed by atoms with Gasteiger partial charge in [-0.1, -0.05) is 31.7 Å². The number of carbonyl (C=O) groups excluding carboxylic acids is 1. The minimum Gasteiger partial charge on any atom is -0.424 e. The smallest absolute Gasteiger partial charge is 0.379 e. The topological polar surface area (TPSA) is 95.7 Å². The van der Waals surface area contributed by atoms with E-state index in [0.717, 1.165) is 5.57 Å². The Morgan fingerprint density at radius 2 is 2.04 bits per heavy atom. The first kappa shape index (κ1) is 20.8. The number of hydrogen-bond acceptors (Lipinski definition) is 6. The lowest BCUT2D eigenvalue weighted by molar-refractivity contribution is -0.384. The van der Waals surface area contributed by atoms with Gasteiger partial charge in [0, 0.05) is 24.1 Å². The van der Waals surface area contributed by atoms with E-state index in [1.54, 1.807) is 26.0 Å². The second-order valence-corrected chi connectivity index (χ2v) is 8.27. The molecule has 8 heteroatoms. The average molecular weight is 391 g/mol. The van der Waals surface area contributed by atoms with Crippen LogP contribution in [-0.4, -0.2) is 23.0 Å². The monoisotopic (exact) mass is 391 g/mol. The summed E-state index contributed by atoms with van der Waals surface area (Å²) in [6, 6.07) is 5.28. The highest BCUT2D eigenvalue weighted by Gasteiger charge is 2.36. The molecule has 27 heavy (non-hydrogen) atoms. The molecule has 2 rings (SSSR count). The van der Waals surface area contributed by atoms with Crippen LogP contribution in [0.2, 0.25) is 0 Å². The molecule has 0 saturated carbocycles. The van der Waals surface area contributed by atoms with E-state index in [9.17, 15) is 19.5 Å². The minimum atomic E-state index is -3.52. The van der Waals surface area contributed by atoms with Gasteiger partial charge in [0.25, 0.3) is 5.69 Å². The normalized spacial score (nSPS) is 19.3. The number of rotatable bonds is 9. The van der Waals surface area contributed by atoms with Crippen LogP contribution in [0.1, 0.15) is 26.7 Å². The molecule has 0 N–H and O–H groups in total. The predicted octanol–water partition coefficient (Wildman–Crippen LogP) is 4.99. The van der Waals surface area contributed by atoms with Crippen LogP contribution in [0.4, 0.5) is 5.69 Å². The number of nitro benzene ring substituents is 1. The number of ketones is 1. The van der Waals surface area contributed by atoms with Gasteiger partial charge in [0.2, 0.25) is 0 Å². The lowest BCUT2D eigenvalue weighted by Gasteiger charge is -2.22. The van der Waals surface area contributed by atoms with Crippen molar-refractivity contribution in [2.75, 3.05) is 6.16 Å². The Balaban J connectivity index is 2.13. The third-order valence-electron chi connectivity index (χ3n) is 4.23. The Morgan fingerprint density at radius 3 is 2.59 bits per heavy atom. The van der Waals surface area contributed by atoms with Gasteiger partial charge in [0.1, 0.15) is 5.75 Å². The van der Waals surface area contributed by atoms with Crippen molar-refractivity contribution in [3.63, 3.8) is 0 Å².